The number of piperazine rings is 1. The van der Waals surface area contributed by atoms with Gasteiger partial charge in [0.15, 0.2) is 0 Å². The minimum absolute atomic E-state index is 0.0210. The maximum Gasteiger partial charge on any atom is 0.251 e. The summed E-state index contributed by atoms with van der Waals surface area (Å²) in [5, 5.41) is 2.65. The number of benzene rings is 1. The van der Waals surface area contributed by atoms with Crippen LogP contribution in [-0.2, 0) is 9.59 Å². The highest BCUT2D eigenvalue weighted by Crippen LogP contribution is 2.09. The first kappa shape index (κ1) is 16.0. The molecular weight excluding hydrogens is 282 g/mol. The lowest BCUT2D eigenvalue weighted by Gasteiger charge is -2.32. The lowest BCUT2D eigenvalue weighted by Crippen LogP contribution is -2.50. The van der Waals surface area contributed by atoms with Gasteiger partial charge in [-0.25, -0.2) is 0 Å². The van der Waals surface area contributed by atoms with Crippen molar-refractivity contribution < 1.29 is 14.4 Å². The summed E-state index contributed by atoms with van der Waals surface area (Å²) in [5.41, 5.74) is 2.73. The van der Waals surface area contributed by atoms with E-state index in [2.05, 4.69) is 5.32 Å². The highest BCUT2D eigenvalue weighted by atomic mass is 16.2. The molecule has 1 aliphatic rings. The molecule has 0 spiro atoms. The third kappa shape index (κ3) is 3.84. The monoisotopic (exact) mass is 303 g/mol. The molecule has 0 bridgehead atoms. The van der Waals surface area contributed by atoms with E-state index in [0.717, 1.165) is 17.5 Å². The molecule has 0 aliphatic carbocycles. The fourth-order valence-electron chi connectivity index (χ4n) is 2.33. The zero-order chi connectivity index (χ0) is 16.1. The number of hydrogen-bond acceptors (Lipinski definition) is 3. The minimum atomic E-state index is -0.247. The molecule has 1 aromatic rings. The van der Waals surface area contributed by atoms with Gasteiger partial charge >= 0.3 is 0 Å². The molecule has 2 rings (SSSR count). The molecule has 1 N–H and O–H groups in total. The average molecular weight is 303 g/mol. The van der Waals surface area contributed by atoms with E-state index in [1.54, 1.807) is 15.9 Å². The van der Waals surface area contributed by atoms with Crippen LogP contribution < -0.4 is 5.32 Å². The van der Waals surface area contributed by atoms with E-state index >= 15 is 0 Å². The van der Waals surface area contributed by atoms with Crippen molar-refractivity contribution in [3.63, 3.8) is 0 Å². The number of hydrogen-bond donors (Lipinski definition) is 1. The van der Waals surface area contributed by atoms with Gasteiger partial charge < -0.3 is 15.1 Å². The molecule has 0 unspecified atom stereocenters. The molecule has 0 aromatic heterocycles. The average Bonchev–Trinajstić information content (AvgIpc) is 2.54. The second kappa shape index (κ2) is 7.06. The van der Waals surface area contributed by atoms with Crippen LogP contribution in [0.2, 0.25) is 0 Å². The van der Waals surface area contributed by atoms with Crippen LogP contribution in [0.15, 0.2) is 18.2 Å². The van der Waals surface area contributed by atoms with Crippen molar-refractivity contribution in [1.29, 1.82) is 0 Å². The summed E-state index contributed by atoms with van der Waals surface area (Å²) in [7, 11) is 0. The highest BCUT2D eigenvalue weighted by molar-refractivity contribution is 5.96. The number of aryl methyl sites for hydroxylation is 2. The predicted molar refractivity (Wildman–Crippen MR) is 82.5 cm³/mol. The van der Waals surface area contributed by atoms with Gasteiger partial charge in [0.05, 0.1) is 6.54 Å². The number of rotatable bonds is 4. The van der Waals surface area contributed by atoms with Gasteiger partial charge in [0.25, 0.3) is 5.91 Å². The summed E-state index contributed by atoms with van der Waals surface area (Å²) < 4.78 is 0. The van der Waals surface area contributed by atoms with Crippen molar-refractivity contribution in [3.8, 4) is 0 Å². The van der Waals surface area contributed by atoms with Gasteiger partial charge in [-0.15, -0.1) is 0 Å². The van der Waals surface area contributed by atoms with Crippen LogP contribution in [-0.4, -0.2) is 60.7 Å². The molecule has 118 valence electrons. The lowest BCUT2D eigenvalue weighted by molar-refractivity contribution is -0.134. The third-order valence-corrected chi connectivity index (χ3v) is 3.99. The van der Waals surface area contributed by atoms with E-state index in [-0.39, 0.29) is 18.4 Å². The summed E-state index contributed by atoms with van der Waals surface area (Å²) in [6.45, 7) is 6.02. The fraction of sp³-hybridized carbons (Fsp3) is 0.438. The van der Waals surface area contributed by atoms with E-state index in [4.69, 9.17) is 0 Å². The molecule has 1 aromatic carbocycles. The van der Waals surface area contributed by atoms with Crippen LogP contribution in [0.3, 0.4) is 0 Å². The molecule has 0 atom stereocenters. The number of carbonyl (C=O) groups excluding carboxylic acids is 3. The van der Waals surface area contributed by atoms with Gasteiger partial charge in [0.2, 0.25) is 12.3 Å². The molecule has 6 nitrogen and oxygen atoms in total. The quantitative estimate of drug-likeness (QED) is 0.815. The second-order valence-electron chi connectivity index (χ2n) is 5.50. The van der Waals surface area contributed by atoms with Crippen LogP contribution >= 0.6 is 0 Å². The predicted octanol–water partition coefficient (Wildman–Crippen LogP) is 0.334. The number of nitrogens with zero attached hydrogens (tertiary/aromatic N) is 2. The van der Waals surface area contributed by atoms with E-state index in [9.17, 15) is 14.4 Å². The van der Waals surface area contributed by atoms with Crippen molar-refractivity contribution in [1.82, 2.24) is 15.1 Å². The third-order valence-electron chi connectivity index (χ3n) is 3.99. The highest BCUT2D eigenvalue weighted by Gasteiger charge is 2.20. The Morgan fingerprint density at radius 3 is 2.41 bits per heavy atom. The molecule has 1 heterocycles. The molecular formula is C16H21N3O3. The summed E-state index contributed by atoms with van der Waals surface area (Å²) in [4.78, 5) is 38.0. The Morgan fingerprint density at radius 1 is 1.14 bits per heavy atom. The Bertz CT molecular complexity index is 578. The van der Waals surface area contributed by atoms with Gasteiger partial charge in [-0.1, -0.05) is 6.07 Å². The Morgan fingerprint density at radius 2 is 1.82 bits per heavy atom. The Kier molecular flexibility index (Phi) is 5.14. The van der Waals surface area contributed by atoms with Crippen molar-refractivity contribution >= 4 is 18.2 Å². The van der Waals surface area contributed by atoms with E-state index < -0.39 is 0 Å². The molecule has 1 saturated heterocycles. The molecule has 0 saturated carbocycles. The maximum atomic E-state index is 12.1. The zero-order valence-corrected chi connectivity index (χ0v) is 13.0. The Hall–Kier alpha value is -2.37. The smallest absolute Gasteiger partial charge is 0.251 e. The second-order valence-corrected chi connectivity index (χ2v) is 5.50. The summed E-state index contributed by atoms with van der Waals surface area (Å²) in [6, 6.07) is 5.47. The van der Waals surface area contributed by atoms with Crippen LogP contribution in [0.5, 0.6) is 0 Å². The number of amides is 3. The standard InChI is InChI=1S/C16H21N3O3/c1-12-3-4-14(9-13(12)2)16(22)17-10-15(21)19-7-5-18(11-20)6-8-19/h3-4,9,11H,5-8,10H2,1-2H3,(H,17,22). The number of nitrogens with one attached hydrogen (secondary N) is 1. The van der Waals surface area contributed by atoms with E-state index in [1.807, 2.05) is 26.0 Å². The Labute approximate surface area is 130 Å². The SMILES string of the molecule is Cc1ccc(C(=O)NCC(=O)N2CCN(C=O)CC2)cc1C. The van der Waals surface area contributed by atoms with Gasteiger partial charge in [0.1, 0.15) is 0 Å². The molecule has 0 radical (unpaired) electrons. The van der Waals surface area contributed by atoms with Crippen LogP contribution in [0.4, 0.5) is 0 Å². The minimum Gasteiger partial charge on any atom is -0.343 e. The largest absolute Gasteiger partial charge is 0.343 e. The molecule has 1 fully saturated rings. The topological polar surface area (TPSA) is 69.7 Å². The van der Waals surface area contributed by atoms with Crippen molar-refractivity contribution in [2.45, 2.75) is 13.8 Å². The fourth-order valence-corrected chi connectivity index (χ4v) is 2.33. The van der Waals surface area contributed by atoms with Gasteiger partial charge in [-0.05, 0) is 37.1 Å². The van der Waals surface area contributed by atoms with Crippen LogP contribution in [0.1, 0.15) is 21.5 Å². The van der Waals surface area contributed by atoms with Crippen molar-refractivity contribution in [2.75, 3.05) is 32.7 Å². The first-order valence-electron chi connectivity index (χ1n) is 7.34. The van der Waals surface area contributed by atoms with Gasteiger partial charge in [-0.3, -0.25) is 14.4 Å². The first-order chi connectivity index (χ1) is 10.5. The molecule has 1 aliphatic heterocycles. The molecule has 3 amide bonds. The van der Waals surface area contributed by atoms with Gasteiger partial charge in [-0.2, -0.15) is 0 Å². The van der Waals surface area contributed by atoms with Crippen LogP contribution in [0, 0.1) is 13.8 Å². The zero-order valence-electron chi connectivity index (χ0n) is 13.0. The van der Waals surface area contributed by atoms with Gasteiger partial charge in [0, 0.05) is 31.7 Å². The normalized spacial score (nSPS) is 14.6. The summed E-state index contributed by atoms with van der Waals surface area (Å²) in [5.74, 6) is -0.370. The summed E-state index contributed by atoms with van der Waals surface area (Å²) in [6.07, 6.45) is 0.795. The van der Waals surface area contributed by atoms with E-state index in [0.29, 0.717) is 31.7 Å². The van der Waals surface area contributed by atoms with Crippen LogP contribution in [0.25, 0.3) is 0 Å². The van der Waals surface area contributed by atoms with Crippen molar-refractivity contribution in [3.05, 3.63) is 34.9 Å². The maximum absolute atomic E-state index is 12.1. The molecule has 22 heavy (non-hydrogen) atoms. The first-order valence-corrected chi connectivity index (χ1v) is 7.34. The van der Waals surface area contributed by atoms with Crippen molar-refractivity contribution in [2.24, 2.45) is 0 Å². The number of carbonyl (C=O) groups is 3. The Balaban J connectivity index is 1.84. The molecule has 6 heteroatoms. The lowest BCUT2D eigenvalue weighted by atomic mass is 10.1. The summed E-state index contributed by atoms with van der Waals surface area (Å²) >= 11 is 0. The van der Waals surface area contributed by atoms with E-state index in [1.165, 1.54) is 0 Å².